The molecule has 3 heteroatoms. The Kier molecular flexibility index (Phi) is 1.44. The van der Waals surface area contributed by atoms with E-state index in [1.807, 2.05) is 0 Å². The van der Waals surface area contributed by atoms with Gasteiger partial charge in [0.05, 0.1) is 8.30 Å². The summed E-state index contributed by atoms with van der Waals surface area (Å²) >= 11 is 0. The highest BCUT2D eigenvalue weighted by Crippen LogP contribution is 2.07. The largest absolute Gasteiger partial charge is 0.478 e. The van der Waals surface area contributed by atoms with Crippen LogP contribution in [0.3, 0.4) is 0 Å². The number of carboxylic acid groups (broad SMARTS) is 1. The van der Waals surface area contributed by atoms with Crippen LogP contribution in [0.1, 0.15) is 13.1 Å². The Balaban J connectivity index is 3.28. The van der Waals surface area contributed by atoms with Crippen LogP contribution < -0.4 is 5.32 Å². The number of aromatic carboxylic acids is 1. The summed E-state index contributed by atoms with van der Waals surface area (Å²) in [4.78, 5) is 10.5. The summed E-state index contributed by atoms with van der Waals surface area (Å²) in [7, 11) is 1.59. The monoisotopic (exact) mass is 153 g/mol. The summed E-state index contributed by atoms with van der Waals surface area (Å²) in [6, 6.07) is 2.47. The Labute approximate surface area is 67.5 Å². The summed E-state index contributed by atoms with van der Waals surface area (Å²) in [5.74, 6) is -1.12. The summed E-state index contributed by atoms with van der Waals surface area (Å²) in [5, 5.41) is 11.3. The molecule has 0 saturated carbocycles. The maximum absolute atomic E-state index is 10.5. The number of anilines is 1. The van der Waals surface area contributed by atoms with Crippen molar-refractivity contribution in [3.63, 3.8) is 0 Å². The first-order valence-corrected chi connectivity index (χ1v) is 3.08. The second-order valence-corrected chi connectivity index (χ2v) is 1.96. The summed E-state index contributed by atoms with van der Waals surface area (Å²) < 4.78 is 14.8. The van der Waals surface area contributed by atoms with Gasteiger partial charge < -0.3 is 10.4 Å². The second kappa shape index (κ2) is 3.05. The van der Waals surface area contributed by atoms with Crippen LogP contribution in [0.15, 0.2) is 24.2 Å². The molecule has 58 valence electrons. The van der Waals surface area contributed by atoms with E-state index in [0.29, 0.717) is 5.69 Å². The zero-order valence-corrected chi connectivity index (χ0v) is 6.01. The first-order valence-electron chi connectivity index (χ1n) is 4.08. The van der Waals surface area contributed by atoms with Crippen LogP contribution in [0.2, 0.25) is 0 Å². The van der Waals surface area contributed by atoms with Crippen molar-refractivity contribution in [1.29, 1.82) is 0 Å². The van der Waals surface area contributed by atoms with E-state index < -0.39 is 5.97 Å². The lowest BCUT2D eigenvalue weighted by atomic mass is 10.2. The zero-order chi connectivity index (χ0) is 10.0. The van der Waals surface area contributed by atoms with Gasteiger partial charge >= 0.3 is 5.97 Å². The molecule has 0 saturated heterocycles. The predicted molar refractivity (Wildman–Crippen MR) is 42.9 cm³/mol. The van der Waals surface area contributed by atoms with E-state index in [2.05, 4.69) is 5.32 Å². The van der Waals surface area contributed by atoms with Crippen molar-refractivity contribution in [3.8, 4) is 0 Å². The molecule has 1 aromatic carbocycles. The van der Waals surface area contributed by atoms with Crippen LogP contribution in [-0.2, 0) is 0 Å². The Bertz CT molecular complexity index is 329. The number of nitrogens with one attached hydrogen (secondary N) is 1. The average molecular weight is 153 g/mol. The maximum Gasteiger partial charge on any atom is 0.335 e. The van der Waals surface area contributed by atoms with Crippen LogP contribution in [-0.4, -0.2) is 18.1 Å². The van der Waals surface area contributed by atoms with Gasteiger partial charge in [-0.15, -0.1) is 0 Å². The molecular weight excluding hydrogens is 142 g/mol. The van der Waals surface area contributed by atoms with Crippen molar-refractivity contribution in [1.82, 2.24) is 0 Å². The summed E-state index contributed by atoms with van der Waals surface area (Å²) in [5.41, 5.74) is 0.305. The standard InChI is InChI=1S/C8H9NO2/c1-9-7-4-2-6(3-5-7)8(10)11/h2-5,9H,1H3,(H,10,11)/i4D,5D. The Morgan fingerprint density at radius 1 is 1.64 bits per heavy atom. The molecule has 0 aliphatic heterocycles. The lowest BCUT2D eigenvalue weighted by molar-refractivity contribution is 0.0697. The van der Waals surface area contributed by atoms with E-state index >= 15 is 0 Å². The number of rotatable bonds is 2. The fraction of sp³-hybridized carbons (Fsp3) is 0.125. The molecule has 0 aliphatic carbocycles. The van der Waals surface area contributed by atoms with Gasteiger partial charge in [0.25, 0.3) is 0 Å². The van der Waals surface area contributed by atoms with Crippen LogP contribution in [0.4, 0.5) is 5.69 Å². The van der Waals surface area contributed by atoms with E-state index in [1.54, 1.807) is 7.05 Å². The van der Waals surface area contributed by atoms with Gasteiger partial charge in [-0.1, -0.05) is 0 Å². The molecule has 3 nitrogen and oxygen atoms in total. The lowest BCUT2D eigenvalue weighted by Crippen LogP contribution is -1.96. The molecule has 0 aromatic heterocycles. The predicted octanol–water partition coefficient (Wildman–Crippen LogP) is 1.43. The summed E-state index contributed by atoms with van der Waals surface area (Å²) in [6.07, 6.45) is 0. The third-order valence-corrected chi connectivity index (χ3v) is 1.24. The highest BCUT2D eigenvalue weighted by atomic mass is 16.4. The van der Waals surface area contributed by atoms with Gasteiger partial charge in [0, 0.05) is 12.7 Å². The maximum atomic E-state index is 10.5. The van der Waals surface area contributed by atoms with Crippen molar-refractivity contribution >= 4 is 11.7 Å². The van der Waals surface area contributed by atoms with Crippen molar-refractivity contribution in [3.05, 3.63) is 29.8 Å². The fourth-order valence-corrected chi connectivity index (χ4v) is 0.651. The zero-order valence-electron chi connectivity index (χ0n) is 8.01. The van der Waals surface area contributed by atoms with Crippen molar-refractivity contribution in [2.75, 3.05) is 12.4 Å². The quantitative estimate of drug-likeness (QED) is 0.675. The Morgan fingerprint density at radius 2 is 2.18 bits per heavy atom. The molecule has 0 bridgehead atoms. The van der Waals surface area contributed by atoms with Crippen LogP contribution in [0, 0.1) is 0 Å². The molecule has 0 amide bonds. The highest BCUT2D eigenvalue weighted by molar-refractivity contribution is 5.87. The minimum atomic E-state index is -1.12. The molecular formula is C8H9NO2. The number of carbonyl (C=O) groups is 1. The molecule has 1 rings (SSSR count). The SMILES string of the molecule is [2H]c1cc(C(=O)O)cc([2H])c1NC. The van der Waals surface area contributed by atoms with Crippen molar-refractivity contribution in [2.24, 2.45) is 0 Å². The molecule has 0 atom stereocenters. The van der Waals surface area contributed by atoms with Crippen LogP contribution in [0.5, 0.6) is 0 Å². The van der Waals surface area contributed by atoms with Gasteiger partial charge in [-0.05, 0) is 24.2 Å². The fourth-order valence-electron chi connectivity index (χ4n) is 0.651. The second-order valence-electron chi connectivity index (χ2n) is 1.96. The number of benzene rings is 1. The molecule has 1 aromatic rings. The average Bonchev–Trinajstić information content (AvgIpc) is 2.03. The van der Waals surface area contributed by atoms with Gasteiger partial charge in [0.2, 0.25) is 0 Å². The van der Waals surface area contributed by atoms with E-state index in [1.165, 1.54) is 12.1 Å². The van der Waals surface area contributed by atoms with Crippen molar-refractivity contribution < 1.29 is 12.6 Å². The summed E-state index contributed by atoms with van der Waals surface area (Å²) in [6.45, 7) is 0. The number of carboxylic acids is 1. The van der Waals surface area contributed by atoms with E-state index in [4.69, 9.17) is 7.85 Å². The molecule has 2 N–H and O–H groups in total. The normalized spacial score (nSPS) is 11.7. The molecule has 0 unspecified atom stereocenters. The molecule has 0 radical (unpaired) electrons. The van der Waals surface area contributed by atoms with Crippen LogP contribution in [0.25, 0.3) is 0 Å². The van der Waals surface area contributed by atoms with Crippen LogP contribution >= 0.6 is 0 Å². The van der Waals surface area contributed by atoms with Gasteiger partial charge in [0.1, 0.15) is 0 Å². The molecule has 0 aliphatic rings. The highest BCUT2D eigenvalue weighted by Gasteiger charge is 1.99. The van der Waals surface area contributed by atoms with Gasteiger partial charge in [-0.3, -0.25) is 0 Å². The minimum Gasteiger partial charge on any atom is -0.478 e. The van der Waals surface area contributed by atoms with E-state index in [-0.39, 0.29) is 17.6 Å². The van der Waals surface area contributed by atoms with Gasteiger partial charge in [0.15, 0.2) is 0 Å². The topological polar surface area (TPSA) is 49.3 Å². The third kappa shape index (κ3) is 1.70. The Hall–Kier alpha value is -1.51. The van der Waals surface area contributed by atoms with E-state index in [0.717, 1.165) is 0 Å². The number of hydrogen-bond donors (Lipinski definition) is 2. The van der Waals surface area contributed by atoms with Gasteiger partial charge in [-0.2, -0.15) is 0 Å². The minimum absolute atomic E-state index is 0.0207. The van der Waals surface area contributed by atoms with E-state index in [9.17, 15) is 4.79 Å². The first kappa shape index (κ1) is 5.18. The molecule has 0 fully saturated rings. The molecule has 0 spiro atoms. The Morgan fingerprint density at radius 3 is 2.55 bits per heavy atom. The first-order chi connectivity index (χ1) is 6.06. The van der Waals surface area contributed by atoms with Gasteiger partial charge in [-0.25, -0.2) is 4.79 Å². The molecule has 11 heavy (non-hydrogen) atoms. The lowest BCUT2D eigenvalue weighted by Gasteiger charge is -1.98. The smallest absolute Gasteiger partial charge is 0.335 e. The third-order valence-electron chi connectivity index (χ3n) is 1.24. The molecule has 0 heterocycles. The number of hydrogen-bond acceptors (Lipinski definition) is 2. The van der Waals surface area contributed by atoms with Crippen molar-refractivity contribution in [2.45, 2.75) is 0 Å².